The minimum Gasteiger partial charge on any atom is -0.349 e. The molecular weight excluding hydrogens is 385 g/mol. The normalized spacial score (nSPS) is 12.7. The number of hydrogen-bond donors (Lipinski definition) is 2. The van der Waals surface area contributed by atoms with E-state index in [1.807, 2.05) is 6.26 Å². The first-order chi connectivity index (χ1) is 11.9. The van der Waals surface area contributed by atoms with Crippen LogP contribution in [0.25, 0.3) is 0 Å². The molecule has 10 heteroatoms. The third kappa shape index (κ3) is 6.07. The summed E-state index contributed by atoms with van der Waals surface area (Å²) in [6, 6.07) is 3.72. The summed E-state index contributed by atoms with van der Waals surface area (Å²) in [4.78, 5) is 16.2. The number of hydrogen-bond acceptors (Lipinski definition) is 6. The Morgan fingerprint density at radius 2 is 2.24 bits per heavy atom. The average molecular weight is 404 g/mol. The van der Waals surface area contributed by atoms with Gasteiger partial charge in [-0.1, -0.05) is 6.07 Å². The molecule has 2 aromatic rings. The van der Waals surface area contributed by atoms with Crippen molar-refractivity contribution in [3.63, 3.8) is 0 Å². The van der Waals surface area contributed by atoms with Gasteiger partial charge in [0.25, 0.3) is 0 Å². The lowest BCUT2D eigenvalue weighted by Gasteiger charge is -2.18. The molecule has 1 atom stereocenters. The van der Waals surface area contributed by atoms with Crippen LogP contribution in [0.5, 0.6) is 0 Å². The number of carbonyl (C=O) groups is 1. The second-order valence-electron chi connectivity index (χ2n) is 5.11. The van der Waals surface area contributed by atoms with Crippen molar-refractivity contribution in [1.29, 1.82) is 0 Å². The Morgan fingerprint density at radius 3 is 2.88 bits per heavy atom. The van der Waals surface area contributed by atoms with Crippen LogP contribution in [-0.2, 0) is 21.4 Å². The molecule has 0 saturated heterocycles. The number of nitrogens with zero attached hydrogens (tertiary/aromatic N) is 1. The van der Waals surface area contributed by atoms with Gasteiger partial charge in [-0.25, -0.2) is 17.8 Å². The van der Waals surface area contributed by atoms with Crippen molar-refractivity contribution >= 4 is 39.0 Å². The fourth-order valence-electron chi connectivity index (χ4n) is 1.99. The molecule has 136 valence electrons. The third-order valence-corrected chi connectivity index (χ3v) is 6.01. The van der Waals surface area contributed by atoms with Crippen LogP contribution in [0.2, 0.25) is 0 Å². The number of aromatic nitrogens is 1. The summed E-state index contributed by atoms with van der Waals surface area (Å²) in [6.45, 7) is 0.222. The highest BCUT2D eigenvalue weighted by molar-refractivity contribution is 7.98. The predicted molar refractivity (Wildman–Crippen MR) is 97.5 cm³/mol. The molecule has 0 radical (unpaired) electrons. The van der Waals surface area contributed by atoms with Gasteiger partial charge in [0.15, 0.2) is 0 Å². The van der Waals surface area contributed by atoms with E-state index in [2.05, 4.69) is 15.0 Å². The molecule has 0 aliphatic carbocycles. The number of carbonyl (C=O) groups excluding carboxylic acids is 1. The van der Waals surface area contributed by atoms with Crippen molar-refractivity contribution in [3.05, 3.63) is 46.7 Å². The van der Waals surface area contributed by atoms with Gasteiger partial charge in [0.1, 0.15) is 11.9 Å². The molecule has 0 unspecified atom stereocenters. The molecule has 0 fully saturated rings. The largest absolute Gasteiger partial charge is 0.349 e. The van der Waals surface area contributed by atoms with E-state index in [1.54, 1.807) is 10.9 Å². The molecule has 0 aliphatic heterocycles. The summed E-state index contributed by atoms with van der Waals surface area (Å²) >= 11 is 2.91. The van der Waals surface area contributed by atoms with Crippen molar-refractivity contribution in [2.45, 2.75) is 23.9 Å². The van der Waals surface area contributed by atoms with Gasteiger partial charge in [0, 0.05) is 5.38 Å². The van der Waals surface area contributed by atoms with Crippen molar-refractivity contribution in [2.75, 3.05) is 12.0 Å². The number of sulfonamides is 1. The standard InChI is InChI=1S/C15H18FN3O3S3/c1-23-6-5-14(15(20)17-8-12-9-24-10-18-12)19-25(21,22)13-4-2-3-11(16)7-13/h2-4,7,9-10,14,19H,5-6,8H2,1H3,(H,17,20)/t14-/m0/s1. The lowest BCUT2D eigenvalue weighted by Crippen LogP contribution is -2.46. The zero-order valence-electron chi connectivity index (χ0n) is 13.4. The molecule has 1 aromatic carbocycles. The van der Waals surface area contributed by atoms with Crippen molar-refractivity contribution in [2.24, 2.45) is 0 Å². The fraction of sp³-hybridized carbons (Fsp3) is 0.333. The monoisotopic (exact) mass is 403 g/mol. The SMILES string of the molecule is CSCC[C@H](NS(=O)(=O)c1cccc(F)c1)C(=O)NCc1cscn1. The Morgan fingerprint density at radius 1 is 1.44 bits per heavy atom. The van der Waals surface area contributed by atoms with E-state index >= 15 is 0 Å². The van der Waals surface area contributed by atoms with Crippen LogP contribution in [0.3, 0.4) is 0 Å². The maximum atomic E-state index is 13.3. The number of amides is 1. The summed E-state index contributed by atoms with van der Waals surface area (Å²) < 4.78 is 40.5. The van der Waals surface area contributed by atoms with Crippen LogP contribution in [0.15, 0.2) is 40.1 Å². The number of nitrogens with one attached hydrogen (secondary N) is 2. The lowest BCUT2D eigenvalue weighted by molar-refractivity contribution is -0.122. The maximum Gasteiger partial charge on any atom is 0.241 e. The second kappa shape index (κ2) is 9.27. The molecule has 25 heavy (non-hydrogen) atoms. The second-order valence-corrected chi connectivity index (χ2v) is 8.53. The van der Waals surface area contributed by atoms with Gasteiger partial charge >= 0.3 is 0 Å². The summed E-state index contributed by atoms with van der Waals surface area (Å²) in [7, 11) is -4.00. The minimum atomic E-state index is -4.00. The zero-order valence-corrected chi connectivity index (χ0v) is 15.9. The molecule has 1 heterocycles. The molecule has 2 rings (SSSR count). The molecular formula is C15H18FN3O3S3. The number of halogens is 1. The van der Waals surface area contributed by atoms with Gasteiger partial charge in [-0.2, -0.15) is 16.5 Å². The number of thioether (sulfide) groups is 1. The average Bonchev–Trinajstić information content (AvgIpc) is 3.10. The topological polar surface area (TPSA) is 88.2 Å². The molecule has 1 amide bonds. The molecule has 0 bridgehead atoms. The fourth-order valence-corrected chi connectivity index (χ4v) is 4.29. The van der Waals surface area contributed by atoms with Crippen LogP contribution in [-0.4, -0.2) is 37.4 Å². The summed E-state index contributed by atoms with van der Waals surface area (Å²) in [5, 5.41) is 4.47. The quantitative estimate of drug-likeness (QED) is 0.669. The molecule has 1 aromatic heterocycles. The van der Waals surface area contributed by atoms with Crippen molar-refractivity contribution in [1.82, 2.24) is 15.0 Å². The van der Waals surface area contributed by atoms with Crippen LogP contribution < -0.4 is 10.0 Å². The predicted octanol–water partition coefficient (Wildman–Crippen LogP) is 2.00. The number of benzene rings is 1. The van der Waals surface area contributed by atoms with Gasteiger partial charge in [0.05, 0.1) is 22.6 Å². The Balaban J connectivity index is 2.09. The van der Waals surface area contributed by atoms with E-state index in [-0.39, 0.29) is 11.4 Å². The van der Waals surface area contributed by atoms with Crippen LogP contribution in [0.1, 0.15) is 12.1 Å². The van der Waals surface area contributed by atoms with Gasteiger partial charge < -0.3 is 5.32 Å². The highest BCUT2D eigenvalue weighted by atomic mass is 32.2. The molecule has 0 saturated carbocycles. The van der Waals surface area contributed by atoms with E-state index in [4.69, 9.17) is 0 Å². The third-order valence-electron chi connectivity index (χ3n) is 3.26. The Kier molecular flexibility index (Phi) is 7.36. The van der Waals surface area contributed by atoms with Crippen LogP contribution >= 0.6 is 23.1 Å². The van der Waals surface area contributed by atoms with Crippen molar-refractivity contribution < 1.29 is 17.6 Å². The smallest absolute Gasteiger partial charge is 0.241 e. The van der Waals surface area contributed by atoms with Gasteiger partial charge in [-0.3, -0.25) is 4.79 Å². The van der Waals surface area contributed by atoms with Gasteiger partial charge in [-0.15, -0.1) is 11.3 Å². The summed E-state index contributed by atoms with van der Waals surface area (Å²) in [5.74, 6) is -0.501. The van der Waals surface area contributed by atoms with E-state index < -0.39 is 27.8 Å². The highest BCUT2D eigenvalue weighted by Gasteiger charge is 2.25. The van der Waals surface area contributed by atoms with E-state index in [0.29, 0.717) is 17.9 Å². The minimum absolute atomic E-state index is 0.214. The summed E-state index contributed by atoms with van der Waals surface area (Å²) in [5.41, 5.74) is 2.36. The first-order valence-electron chi connectivity index (χ1n) is 7.34. The molecule has 2 N–H and O–H groups in total. The molecule has 0 spiro atoms. The number of rotatable bonds is 9. The lowest BCUT2D eigenvalue weighted by atomic mass is 10.2. The van der Waals surface area contributed by atoms with E-state index in [9.17, 15) is 17.6 Å². The van der Waals surface area contributed by atoms with Gasteiger partial charge in [0.2, 0.25) is 15.9 Å². The summed E-state index contributed by atoms with van der Waals surface area (Å²) in [6.07, 6.45) is 2.18. The highest BCUT2D eigenvalue weighted by Crippen LogP contribution is 2.13. The Bertz CT molecular complexity index is 797. The van der Waals surface area contributed by atoms with Crippen LogP contribution in [0, 0.1) is 5.82 Å². The van der Waals surface area contributed by atoms with Crippen molar-refractivity contribution in [3.8, 4) is 0 Å². The Hall–Kier alpha value is -1.49. The molecule has 0 aliphatic rings. The first-order valence-corrected chi connectivity index (χ1v) is 11.2. The zero-order chi connectivity index (χ0) is 18.3. The first kappa shape index (κ1) is 19.8. The maximum absolute atomic E-state index is 13.3. The van der Waals surface area contributed by atoms with E-state index in [1.165, 1.54) is 35.2 Å². The molecule has 6 nitrogen and oxygen atoms in total. The number of thiazole rings is 1. The van der Waals surface area contributed by atoms with E-state index in [0.717, 1.165) is 12.1 Å². The van der Waals surface area contributed by atoms with Crippen LogP contribution in [0.4, 0.5) is 4.39 Å². The Labute approximate surface area is 154 Å². The van der Waals surface area contributed by atoms with Gasteiger partial charge in [-0.05, 0) is 36.6 Å².